The van der Waals surface area contributed by atoms with E-state index in [9.17, 15) is 14.4 Å². The van der Waals surface area contributed by atoms with Crippen molar-refractivity contribution in [3.8, 4) is 22.8 Å². The molecule has 3 aromatic carbocycles. The average molecular weight is 485 g/mol. The summed E-state index contributed by atoms with van der Waals surface area (Å²) in [4.78, 5) is 38.8. The van der Waals surface area contributed by atoms with Gasteiger partial charge in [-0.25, -0.2) is 4.79 Å². The topological polar surface area (TPSA) is 104 Å². The van der Waals surface area contributed by atoms with Crippen molar-refractivity contribution in [3.63, 3.8) is 0 Å². The van der Waals surface area contributed by atoms with Crippen LogP contribution in [-0.4, -0.2) is 31.2 Å². The number of hydrogen-bond donors (Lipinski definition) is 1. The molecule has 0 aliphatic carbocycles. The summed E-state index contributed by atoms with van der Waals surface area (Å²) in [6.45, 7) is 4.03. The van der Waals surface area contributed by atoms with E-state index in [1.807, 2.05) is 30.3 Å². The highest BCUT2D eigenvalue weighted by Crippen LogP contribution is 2.33. The summed E-state index contributed by atoms with van der Waals surface area (Å²) in [5, 5.41) is 2.97. The molecule has 0 fully saturated rings. The highest BCUT2D eigenvalue weighted by molar-refractivity contribution is 6.04. The van der Waals surface area contributed by atoms with E-state index in [1.165, 1.54) is 13.0 Å². The molecule has 5 rings (SSSR count). The van der Waals surface area contributed by atoms with Crippen LogP contribution in [0.25, 0.3) is 22.3 Å². The normalized spacial score (nSPS) is 13.2. The molecule has 0 radical (unpaired) electrons. The summed E-state index contributed by atoms with van der Waals surface area (Å²) in [7, 11) is 0. The van der Waals surface area contributed by atoms with Gasteiger partial charge in [0.15, 0.2) is 28.6 Å². The predicted molar refractivity (Wildman–Crippen MR) is 134 cm³/mol. The van der Waals surface area contributed by atoms with Crippen LogP contribution in [0, 0.1) is 6.92 Å². The lowest BCUT2D eigenvalue weighted by molar-refractivity contribution is -0.123. The number of hydrogen-bond acceptors (Lipinski definition) is 7. The van der Waals surface area contributed by atoms with Crippen molar-refractivity contribution in [2.45, 2.75) is 20.0 Å². The third kappa shape index (κ3) is 4.40. The largest absolute Gasteiger partial charge is 0.486 e. The highest BCUT2D eigenvalue weighted by Gasteiger charge is 2.24. The van der Waals surface area contributed by atoms with Crippen molar-refractivity contribution in [1.29, 1.82) is 0 Å². The van der Waals surface area contributed by atoms with E-state index < -0.39 is 18.0 Å². The molecule has 1 unspecified atom stereocenters. The zero-order valence-corrected chi connectivity index (χ0v) is 19.7. The number of esters is 1. The number of benzene rings is 3. The Morgan fingerprint density at radius 2 is 1.69 bits per heavy atom. The SMILES string of the molecule is Cc1c(-c2ccccc2)oc2c(C(=O)OC(C)C(=O)Nc3ccc4c(c3)OCCO4)cccc2c1=O. The van der Waals surface area contributed by atoms with E-state index in [2.05, 4.69) is 5.32 Å². The molecular formula is C28H23NO7. The molecule has 36 heavy (non-hydrogen) atoms. The Morgan fingerprint density at radius 1 is 0.944 bits per heavy atom. The van der Waals surface area contributed by atoms with Crippen molar-refractivity contribution in [2.24, 2.45) is 0 Å². The number of para-hydroxylation sites is 1. The molecule has 8 nitrogen and oxygen atoms in total. The fourth-order valence-corrected chi connectivity index (χ4v) is 3.98. The second-order valence-corrected chi connectivity index (χ2v) is 8.33. The third-order valence-corrected chi connectivity index (χ3v) is 5.86. The Balaban J connectivity index is 1.39. The van der Waals surface area contributed by atoms with Crippen LogP contribution in [0.1, 0.15) is 22.8 Å². The van der Waals surface area contributed by atoms with E-state index >= 15 is 0 Å². The molecule has 1 N–H and O–H groups in total. The van der Waals surface area contributed by atoms with Gasteiger partial charge in [0.1, 0.15) is 24.5 Å². The van der Waals surface area contributed by atoms with Gasteiger partial charge in [-0.3, -0.25) is 9.59 Å². The fourth-order valence-electron chi connectivity index (χ4n) is 3.98. The van der Waals surface area contributed by atoms with Gasteiger partial charge in [-0.05, 0) is 38.1 Å². The molecule has 0 saturated carbocycles. The first-order valence-corrected chi connectivity index (χ1v) is 11.5. The number of amides is 1. The fraction of sp³-hybridized carbons (Fsp3) is 0.179. The minimum Gasteiger partial charge on any atom is -0.486 e. The number of anilines is 1. The van der Waals surface area contributed by atoms with Crippen LogP contribution in [0.2, 0.25) is 0 Å². The number of nitrogens with one attached hydrogen (secondary N) is 1. The Kier molecular flexibility index (Phi) is 6.16. The van der Waals surface area contributed by atoms with Gasteiger partial charge in [-0.1, -0.05) is 36.4 Å². The zero-order valence-electron chi connectivity index (χ0n) is 19.7. The minimum absolute atomic E-state index is 0.0563. The van der Waals surface area contributed by atoms with Crippen LogP contribution in [-0.2, 0) is 9.53 Å². The van der Waals surface area contributed by atoms with Crippen LogP contribution in [0.15, 0.2) is 75.9 Å². The molecule has 1 atom stereocenters. The van der Waals surface area contributed by atoms with Gasteiger partial charge in [0, 0.05) is 22.9 Å². The van der Waals surface area contributed by atoms with Crippen LogP contribution < -0.4 is 20.2 Å². The second-order valence-electron chi connectivity index (χ2n) is 8.33. The maximum Gasteiger partial charge on any atom is 0.342 e. The maximum absolute atomic E-state index is 13.1. The standard InChI is InChI=1S/C28H23NO7/c1-16-24(30)20-9-6-10-21(26(20)36-25(16)18-7-4-3-5-8-18)28(32)35-17(2)27(31)29-19-11-12-22-23(15-19)34-14-13-33-22/h3-12,15,17H,13-14H2,1-2H3,(H,29,31). The number of carbonyl (C=O) groups excluding carboxylic acids is 2. The Morgan fingerprint density at radius 3 is 2.47 bits per heavy atom. The number of ether oxygens (including phenoxy) is 3. The monoisotopic (exact) mass is 485 g/mol. The lowest BCUT2D eigenvalue weighted by Gasteiger charge is -2.19. The van der Waals surface area contributed by atoms with Gasteiger partial charge >= 0.3 is 5.97 Å². The Labute approximate surface area is 206 Å². The predicted octanol–water partition coefficient (Wildman–Crippen LogP) is 4.72. The molecule has 0 spiro atoms. The van der Waals surface area contributed by atoms with E-state index in [-0.39, 0.29) is 22.0 Å². The van der Waals surface area contributed by atoms with Gasteiger partial charge in [0.05, 0.1) is 5.39 Å². The number of carbonyl (C=O) groups is 2. The quantitative estimate of drug-likeness (QED) is 0.408. The van der Waals surface area contributed by atoms with Crippen molar-refractivity contribution in [3.05, 3.63) is 88.1 Å². The molecule has 1 aromatic heterocycles. The molecule has 1 aliphatic rings. The van der Waals surface area contributed by atoms with Crippen LogP contribution in [0.4, 0.5) is 5.69 Å². The first-order chi connectivity index (χ1) is 17.4. The summed E-state index contributed by atoms with van der Waals surface area (Å²) >= 11 is 0. The molecule has 2 heterocycles. The van der Waals surface area contributed by atoms with E-state index in [0.717, 1.165) is 0 Å². The summed E-state index contributed by atoms with van der Waals surface area (Å²) in [5.41, 5.74) is 1.55. The lowest BCUT2D eigenvalue weighted by Crippen LogP contribution is -2.30. The second kappa shape index (κ2) is 9.58. The van der Waals surface area contributed by atoms with Crippen molar-refractivity contribution in [2.75, 3.05) is 18.5 Å². The van der Waals surface area contributed by atoms with Gasteiger partial charge in [0.25, 0.3) is 5.91 Å². The first-order valence-electron chi connectivity index (χ1n) is 11.5. The smallest absolute Gasteiger partial charge is 0.342 e. The number of rotatable bonds is 5. The lowest BCUT2D eigenvalue weighted by atomic mass is 10.0. The Hall–Kier alpha value is -4.59. The van der Waals surface area contributed by atoms with Gasteiger partial charge in [-0.2, -0.15) is 0 Å². The summed E-state index contributed by atoms with van der Waals surface area (Å²) in [5.74, 6) is 0.192. The van der Waals surface area contributed by atoms with Crippen LogP contribution >= 0.6 is 0 Å². The van der Waals surface area contributed by atoms with E-state index in [4.69, 9.17) is 18.6 Å². The van der Waals surface area contributed by atoms with Crippen molar-refractivity contribution in [1.82, 2.24) is 0 Å². The Bertz CT molecular complexity index is 1520. The zero-order chi connectivity index (χ0) is 25.2. The van der Waals surface area contributed by atoms with Gasteiger partial charge in [0.2, 0.25) is 0 Å². The van der Waals surface area contributed by atoms with Crippen LogP contribution in [0.3, 0.4) is 0 Å². The molecule has 8 heteroatoms. The van der Waals surface area contributed by atoms with Gasteiger partial charge in [-0.15, -0.1) is 0 Å². The molecular weight excluding hydrogens is 462 g/mol. The maximum atomic E-state index is 13.1. The molecule has 4 aromatic rings. The highest BCUT2D eigenvalue weighted by atomic mass is 16.6. The van der Waals surface area contributed by atoms with Crippen LogP contribution in [0.5, 0.6) is 11.5 Å². The van der Waals surface area contributed by atoms with Crippen molar-refractivity contribution >= 4 is 28.5 Å². The molecule has 1 aliphatic heterocycles. The molecule has 182 valence electrons. The van der Waals surface area contributed by atoms with Crippen molar-refractivity contribution < 1.29 is 28.2 Å². The molecule has 0 saturated heterocycles. The first kappa shape index (κ1) is 23.2. The minimum atomic E-state index is -1.12. The molecule has 1 amide bonds. The summed E-state index contributed by atoms with van der Waals surface area (Å²) < 4.78 is 22.5. The third-order valence-electron chi connectivity index (χ3n) is 5.86. The van der Waals surface area contributed by atoms with E-state index in [0.29, 0.717) is 47.3 Å². The summed E-state index contributed by atoms with van der Waals surface area (Å²) in [6, 6.07) is 18.9. The summed E-state index contributed by atoms with van der Waals surface area (Å²) in [6.07, 6.45) is -1.12. The number of fused-ring (bicyclic) bond motifs is 2. The molecule has 0 bridgehead atoms. The van der Waals surface area contributed by atoms with E-state index in [1.54, 1.807) is 37.3 Å². The average Bonchev–Trinajstić information content (AvgIpc) is 2.90. The van der Waals surface area contributed by atoms with Gasteiger partial charge < -0.3 is 23.9 Å².